The first-order valence-corrected chi connectivity index (χ1v) is 6.31. The molecular formula is C13H22O4. The number of aliphatic carboxylic acids is 1. The fourth-order valence-electron chi connectivity index (χ4n) is 2.55. The molecule has 1 atom stereocenters. The highest BCUT2D eigenvalue weighted by atomic mass is 16.6. The van der Waals surface area contributed by atoms with E-state index in [0.717, 1.165) is 5.76 Å². The molecule has 4 nitrogen and oxygen atoms in total. The number of rotatable bonds is 5. The quantitative estimate of drug-likeness (QED) is 0.805. The molecule has 4 heteroatoms. The van der Waals surface area contributed by atoms with Crippen LogP contribution in [0.5, 0.6) is 0 Å². The van der Waals surface area contributed by atoms with Crippen LogP contribution in [0.15, 0.2) is 12.0 Å². The van der Waals surface area contributed by atoms with E-state index in [1.807, 2.05) is 27.7 Å². The third-order valence-electron chi connectivity index (χ3n) is 3.79. The molecule has 0 saturated heterocycles. The van der Waals surface area contributed by atoms with Gasteiger partial charge in [-0.1, -0.05) is 27.7 Å². The Balaban J connectivity index is 3.26. The van der Waals surface area contributed by atoms with Crippen molar-refractivity contribution >= 4 is 5.97 Å². The number of ether oxygens (including phenoxy) is 2. The van der Waals surface area contributed by atoms with Gasteiger partial charge in [0.1, 0.15) is 12.0 Å². The Kier molecular flexibility index (Phi) is 4.07. The molecule has 0 saturated carbocycles. The van der Waals surface area contributed by atoms with Crippen molar-refractivity contribution in [2.24, 2.45) is 0 Å². The molecule has 98 valence electrons. The molecule has 0 aliphatic carbocycles. The minimum absolute atomic E-state index is 0.386. The van der Waals surface area contributed by atoms with E-state index in [9.17, 15) is 9.90 Å². The second kappa shape index (κ2) is 4.98. The molecule has 0 aromatic rings. The Morgan fingerprint density at radius 2 is 1.82 bits per heavy atom. The predicted molar refractivity (Wildman–Crippen MR) is 64.5 cm³/mol. The average molecular weight is 242 g/mol. The molecule has 1 aliphatic heterocycles. The second-order valence-corrected chi connectivity index (χ2v) is 4.34. The Morgan fingerprint density at radius 3 is 2.18 bits per heavy atom. The highest BCUT2D eigenvalue weighted by Gasteiger charge is 2.59. The molecule has 1 aliphatic rings. The Morgan fingerprint density at radius 1 is 1.24 bits per heavy atom. The lowest BCUT2D eigenvalue weighted by Gasteiger charge is -2.48. The number of hydrogen-bond acceptors (Lipinski definition) is 3. The molecule has 1 rings (SSSR count). The minimum Gasteiger partial charge on any atom is -0.484 e. The molecule has 0 bridgehead atoms. The molecule has 1 unspecified atom stereocenters. The summed E-state index contributed by atoms with van der Waals surface area (Å²) in [5.74, 6) is -0.228. The summed E-state index contributed by atoms with van der Waals surface area (Å²) in [6.07, 6.45) is 3.78. The van der Waals surface area contributed by atoms with E-state index >= 15 is 0 Å². The van der Waals surface area contributed by atoms with Crippen molar-refractivity contribution in [1.82, 2.24) is 0 Å². The van der Waals surface area contributed by atoms with Gasteiger partial charge >= 0.3 is 5.97 Å². The first-order chi connectivity index (χ1) is 8.01. The van der Waals surface area contributed by atoms with Crippen LogP contribution in [0.25, 0.3) is 0 Å². The fourth-order valence-corrected chi connectivity index (χ4v) is 2.55. The van der Waals surface area contributed by atoms with Crippen LogP contribution in [0, 0.1) is 0 Å². The summed E-state index contributed by atoms with van der Waals surface area (Å²) >= 11 is 0. The third kappa shape index (κ3) is 1.90. The van der Waals surface area contributed by atoms with Crippen LogP contribution >= 0.6 is 0 Å². The van der Waals surface area contributed by atoms with Gasteiger partial charge in [0, 0.05) is 6.42 Å². The summed E-state index contributed by atoms with van der Waals surface area (Å²) in [4.78, 5) is 11.6. The van der Waals surface area contributed by atoms with Crippen LogP contribution in [0.2, 0.25) is 0 Å². The molecule has 0 fully saturated rings. The van der Waals surface area contributed by atoms with Gasteiger partial charge in [-0.3, -0.25) is 0 Å². The van der Waals surface area contributed by atoms with Crippen LogP contribution in [0.3, 0.4) is 0 Å². The van der Waals surface area contributed by atoms with E-state index in [1.165, 1.54) is 6.26 Å². The number of carbonyl (C=O) groups is 1. The van der Waals surface area contributed by atoms with Crippen molar-refractivity contribution in [1.29, 1.82) is 0 Å². The number of hydrogen-bond donors (Lipinski definition) is 1. The highest BCUT2D eigenvalue weighted by molar-refractivity contribution is 5.79. The highest BCUT2D eigenvalue weighted by Crippen LogP contribution is 2.44. The molecule has 0 aromatic carbocycles. The fraction of sp³-hybridized carbons (Fsp3) is 0.769. The van der Waals surface area contributed by atoms with Gasteiger partial charge in [-0.15, -0.1) is 0 Å². The standard InChI is InChI=1S/C13H22O4/c1-5-10-9-16-13(8-4,11(14)15)12(6-2,7-3)17-10/h9H,5-8H2,1-4H3,(H,14,15). The van der Waals surface area contributed by atoms with Crippen molar-refractivity contribution in [2.75, 3.05) is 0 Å². The van der Waals surface area contributed by atoms with Crippen molar-refractivity contribution in [3.05, 3.63) is 12.0 Å². The van der Waals surface area contributed by atoms with Crippen LogP contribution in [0.4, 0.5) is 0 Å². The maximum atomic E-state index is 11.6. The minimum atomic E-state index is -1.27. The number of carboxylic acids is 1. The normalized spacial score (nSPS) is 26.7. The first-order valence-electron chi connectivity index (χ1n) is 6.31. The van der Waals surface area contributed by atoms with Gasteiger partial charge in [-0.2, -0.15) is 0 Å². The maximum absolute atomic E-state index is 11.6. The van der Waals surface area contributed by atoms with E-state index < -0.39 is 17.2 Å². The summed E-state index contributed by atoms with van der Waals surface area (Å²) in [6, 6.07) is 0. The van der Waals surface area contributed by atoms with Crippen LogP contribution < -0.4 is 0 Å². The Bertz CT molecular complexity index is 317. The van der Waals surface area contributed by atoms with Gasteiger partial charge in [0.05, 0.1) is 0 Å². The summed E-state index contributed by atoms with van der Waals surface area (Å²) in [6.45, 7) is 7.67. The summed E-state index contributed by atoms with van der Waals surface area (Å²) < 4.78 is 11.5. The SMILES string of the molecule is CCC1=COC(CC)(C(=O)O)C(CC)(CC)O1. The van der Waals surface area contributed by atoms with Gasteiger partial charge in [0.25, 0.3) is 0 Å². The lowest BCUT2D eigenvalue weighted by Crippen LogP contribution is -2.62. The summed E-state index contributed by atoms with van der Waals surface area (Å²) in [5.41, 5.74) is -2.04. The van der Waals surface area contributed by atoms with E-state index in [0.29, 0.717) is 25.7 Å². The lowest BCUT2D eigenvalue weighted by atomic mass is 9.75. The van der Waals surface area contributed by atoms with E-state index in [-0.39, 0.29) is 0 Å². The lowest BCUT2D eigenvalue weighted by molar-refractivity contribution is -0.217. The van der Waals surface area contributed by atoms with Crippen LogP contribution in [0.1, 0.15) is 53.4 Å². The maximum Gasteiger partial charge on any atom is 0.352 e. The van der Waals surface area contributed by atoms with E-state index in [2.05, 4.69) is 0 Å². The van der Waals surface area contributed by atoms with Gasteiger partial charge in [-0.25, -0.2) is 4.79 Å². The molecule has 1 heterocycles. The Labute approximate surface area is 103 Å². The third-order valence-corrected chi connectivity index (χ3v) is 3.79. The van der Waals surface area contributed by atoms with Crippen LogP contribution in [-0.4, -0.2) is 22.3 Å². The summed E-state index contributed by atoms with van der Waals surface area (Å²) in [7, 11) is 0. The molecule has 0 radical (unpaired) electrons. The molecule has 17 heavy (non-hydrogen) atoms. The zero-order valence-corrected chi connectivity index (χ0v) is 11.1. The monoisotopic (exact) mass is 242 g/mol. The van der Waals surface area contributed by atoms with Crippen molar-refractivity contribution < 1.29 is 19.4 Å². The van der Waals surface area contributed by atoms with Gasteiger partial charge in [0.2, 0.25) is 5.60 Å². The molecule has 0 amide bonds. The molecule has 0 aromatic heterocycles. The van der Waals surface area contributed by atoms with Gasteiger partial charge < -0.3 is 14.6 Å². The van der Waals surface area contributed by atoms with Gasteiger partial charge in [-0.05, 0) is 19.3 Å². The smallest absolute Gasteiger partial charge is 0.352 e. The zero-order chi connectivity index (χ0) is 13.1. The van der Waals surface area contributed by atoms with Gasteiger partial charge in [0.15, 0.2) is 5.60 Å². The van der Waals surface area contributed by atoms with Crippen LogP contribution in [-0.2, 0) is 14.3 Å². The number of allylic oxidation sites excluding steroid dienone is 1. The second-order valence-electron chi connectivity index (χ2n) is 4.34. The largest absolute Gasteiger partial charge is 0.484 e. The first kappa shape index (κ1) is 13.9. The number of carboxylic acid groups (broad SMARTS) is 1. The van der Waals surface area contributed by atoms with E-state index in [4.69, 9.17) is 9.47 Å². The van der Waals surface area contributed by atoms with Crippen molar-refractivity contribution in [3.63, 3.8) is 0 Å². The van der Waals surface area contributed by atoms with E-state index in [1.54, 1.807) is 0 Å². The Hall–Kier alpha value is -1.19. The summed E-state index contributed by atoms with van der Waals surface area (Å²) in [5, 5.41) is 9.51. The predicted octanol–water partition coefficient (Wildman–Crippen LogP) is 3.08. The topological polar surface area (TPSA) is 55.8 Å². The van der Waals surface area contributed by atoms with Crippen molar-refractivity contribution in [3.8, 4) is 0 Å². The molecule has 1 N–H and O–H groups in total. The molecule has 0 spiro atoms. The molecular weight excluding hydrogens is 220 g/mol. The zero-order valence-electron chi connectivity index (χ0n) is 11.1. The van der Waals surface area contributed by atoms with Crippen molar-refractivity contribution in [2.45, 2.75) is 64.6 Å². The average Bonchev–Trinajstić information content (AvgIpc) is 2.37.